The van der Waals surface area contributed by atoms with Gasteiger partial charge in [0, 0.05) is 6.42 Å². The van der Waals surface area contributed by atoms with Gasteiger partial charge in [-0.25, -0.2) is 0 Å². The van der Waals surface area contributed by atoms with Crippen molar-refractivity contribution in [3.05, 3.63) is 29.3 Å². The summed E-state index contributed by atoms with van der Waals surface area (Å²) in [4.78, 5) is 0. The van der Waals surface area contributed by atoms with Crippen molar-refractivity contribution in [1.82, 2.24) is 0 Å². The van der Waals surface area contributed by atoms with Gasteiger partial charge in [-0.3, -0.25) is 0 Å². The highest BCUT2D eigenvalue weighted by Crippen LogP contribution is 2.32. The van der Waals surface area contributed by atoms with Crippen LogP contribution < -0.4 is 4.74 Å². The molecule has 0 unspecified atom stereocenters. The van der Waals surface area contributed by atoms with Crippen LogP contribution in [0.4, 0.5) is 13.2 Å². The minimum atomic E-state index is -4.28. The first kappa shape index (κ1) is 16.1. The van der Waals surface area contributed by atoms with Crippen LogP contribution in [-0.4, -0.2) is 31.1 Å². The Balaban J connectivity index is 1.73. The van der Waals surface area contributed by atoms with Crippen LogP contribution in [-0.2, 0) is 11.2 Å². The number of hydrogen-bond acceptors (Lipinski definition) is 3. The van der Waals surface area contributed by atoms with E-state index in [1.807, 2.05) is 18.2 Å². The second-order valence-corrected chi connectivity index (χ2v) is 5.14. The zero-order valence-corrected chi connectivity index (χ0v) is 11.7. The summed E-state index contributed by atoms with van der Waals surface area (Å²) in [6.45, 7) is -0.933. The Morgan fingerprint density at radius 3 is 2.81 bits per heavy atom. The van der Waals surface area contributed by atoms with Gasteiger partial charge in [0.25, 0.3) is 0 Å². The highest BCUT2D eigenvalue weighted by atomic mass is 19.4. The van der Waals surface area contributed by atoms with Gasteiger partial charge in [0.05, 0.1) is 19.3 Å². The number of aryl methyl sites for hydroxylation is 1. The Morgan fingerprint density at radius 1 is 1.24 bits per heavy atom. The molecule has 0 aromatic heterocycles. The number of aliphatic hydroxyl groups excluding tert-OH is 1. The van der Waals surface area contributed by atoms with E-state index < -0.39 is 18.9 Å². The van der Waals surface area contributed by atoms with Gasteiger partial charge < -0.3 is 14.6 Å². The predicted octanol–water partition coefficient (Wildman–Crippen LogP) is 3.40. The number of fused-ring (bicyclic) bond motifs is 1. The lowest BCUT2D eigenvalue weighted by atomic mass is 9.89. The van der Waals surface area contributed by atoms with Crippen LogP contribution in [0.25, 0.3) is 0 Å². The number of rotatable bonds is 6. The van der Waals surface area contributed by atoms with Crippen LogP contribution in [0, 0.1) is 0 Å². The van der Waals surface area contributed by atoms with Crippen LogP contribution in [0.15, 0.2) is 18.2 Å². The zero-order valence-electron chi connectivity index (χ0n) is 11.7. The van der Waals surface area contributed by atoms with E-state index in [1.54, 1.807) is 0 Å². The fraction of sp³-hybridized carbons (Fsp3) is 0.600. The lowest BCUT2D eigenvalue weighted by molar-refractivity contribution is -0.174. The molecule has 0 spiro atoms. The van der Waals surface area contributed by atoms with Gasteiger partial charge in [-0.15, -0.1) is 0 Å². The largest absolute Gasteiger partial charge is 0.493 e. The van der Waals surface area contributed by atoms with E-state index in [9.17, 15) is 18.3 Å². The molecular weight excluding hydrogens is 285 g/mol. The van der Waals surface area contributed by atoms with Crippen molar-refractivity contribution in [1.29, 1.82) is 0 Å². The highest BCUT2D eigenvalue weighted by Gasteiger charge is 2.27. The maximum absolute atomic E-state index is 11.8. The highest BCUT2D eigenvalue weighted by molar-refractivity contribution is 5.38. The van der Waals surface area contributed by atoms with Crippen molar-refractivity contribution in [3.8, 4) is 5.75 Å². The smallest absolute Gasteiger partial charge is 0.411 e. The molecule has 0 aliphatic heterocycles. The summed E-state index contributed by atoms with van der Waals surface area (Å²) < 4.78 is 45.5. The molecule has 1 aromatic carbocycles. The quantitative estimate of drug-likeness (QED) is 0.819. The van der Waals surface area contributed by atoms with Crippen LogP contribution >= 0.6 is 0 Å². The van der Waals surface area contributed by atoms with Gasteiger partial charge in [-0.05, 0) is 42.5 Å². The van der Waals surface area contributed by atoms with E-state index in [4.69, 9.17) is 4.74 Å². The Labute approximate surface area is 121 Å². The first-order valence-corrected chi connectivity index (χ1v) is 7.04. The number of benzene rings is 1. The minimum Gasteiger partial charge on any atom is -0.493 e. The summed E-state index contributed by atoms with van der Waals surface area (Å²) in [7, 11) is 0. The van der Waals surface area contributed by atoms with Gasteiger partial charge in [-0.2, -0.15) is 13.2 Å². The maximum Gasteiger partial charge on any atom is 0.411 e. The second-order valence-electron chi connectivity index (χ2n) is 5.14. The van der Waals surface area contributed by atoms with Crippen molar-refractivity contribution in [3.63, 3.8) is 0 Å². The van der Waals surface area contributed by atoms with Crippen molar-refractivity contribution < 1.29 is 27.8 Å². The summed E-state index contributed by atoms with van der Waals surface area (Å²) in [5.74, 6) is 0.630. The predicted molar refractivity (Wildman–Crippen MR) is 71.3 cm³/mol. The van der Waals surface area contributed by atoms with Crippen LogP contribution in [0.5, 0.6) is 5.75 Å². The topological polar surface area (TPSA) is 38.7 Å². The Hall–Kier alpha value is -1.27. The lowest BCUT2D eigenvalue weighted by Gasteiger charge is -2.22. The molecule has 0 saturated carbocycles. The molecule has 2 rings (SSSR count). The van der Waals surface area contributed by atoms with Gasteiger partial charge >= 0.3 is 6.18 Å². The monoisotopic (exact) mass is 304 g/mol. The standard InChI is InChI=1S/C15H19F3O3/c16-15(17,18)10-20-7-2-8-21-12-6-5-11-3-1-4-14(19)13(11)9-12/h5-6,9,14,19H,1-4,7-8,10H2/t14-/m0/s1. The molecular formula is C15H19F3O3. The van der Waals surface area contributed by atoms with E-state index in [1.165, 1.54) is 0 Å². The summed E-state index contributed by atoms with van der Waals surface area (Å²) in [5.41, 5.74) is 2.03. The number of aliphatic hydroxyl groups is 1. The summed E-state index contributed by atoms with van der Waals surface area (Å²) in [6.07, 6.45) is -1.66. The third-order valence-corrected chi connectivity index (χ3v) is 3.37. The minimum absolute atomic E-state index is 0.00702. The molecule has 1 atom stereocenters. The first-order valence-electron chi connectivity index (χ1n) is 7.04. The van der Waals surface area contributed by atoms with Gasteiger partial charge in [0.15, 0.2) is 0 Å². The molecule has 1 aliphatic rings. The summed E-state index contributed by atoms with van der Waals surface area (Å²) >= 11 is 0. The number of hydrogen-bond donors (Lipinski definition) is 1. The van der Waals surface area contributed by atoms with Gasteiger partial charge in [0.2, 0.25) is 0 Å². The summed E-state index contributed by atoms with van der Waals surface area (Å²) in [6, 6.07) is 5.58. The molecule has 0 fully saturated rings. The summed E-state index contributed by atoms with van der Waals surface area (Å²) in [5, 5.41) is 9.92. The van der Waals surface area contributed by atoms with Gasteiger partial charge in [-0.1, -0.05) is 6.07 Å². The van der Waals surface area contributed by atoms with Crippen molar-refractivity contribution in [2.24, 2.45) is 0 Å². The van der Waals surface area contributed by atoms with Crippen LogP contribution in [0.2, 0.25) is 0 Å². The molecule has 21 heavy (non-hydrogen) atoms. The van der Waals surface area contributed by atoms with E-state index >= 15 is 0 Å². The van der Waals surface area contributed by atoms with E-state index in [0.717, 1.165) is 30.4 Å². The Bertz CT molecular complexity index is 460. The fourth-order valence-corrected chi connectivity index (χ4v) is 2.38. The molecule has 1 N–H and O–H groups in total. The molecule has 118 valence electrons. The third-order valence-electron chi connectivity index (χ3n) is 3.37. The normalized spacial score (nSPS) is 18.4. The van der Waals surface area contributed by atoms with E-state index in [0.29, 0.717) is 12.2 Å². The first-order chi connectivity index (χ1) is 9.96. The van der Waals surface area contributed by atoms with E-state index in [2.05, 4.69) is 4.74 Å². The van der Waals surface area contributed by atoms with Gasteiger partial charge in [0.1, 0.15) is 12.4 Å². The SMILES string of the molecule is O[C@H]1CCCc2ccc(OCCCOCC(F)(F)F)cc21. The maximum atomic E-state index is 11.8. The molecule has 3 nitrogen and oxygen atoms in total. The van der Waals surface area contributed by atoms with Crippen LogP contribution in [0.1, 0.15) is 36.5 Å². The van der Waals surface area contributed by atoms with Crippen molar-refractivity contribution in [2.45, 2.75) is 38.0 Å². The zero-order chi connectivity index (χ0) is 15.3. The molecule has 0 bridgehead atoms. The lowest BCUT2D eigenvalue weighted by Crippen LogP contribution is -2.18. The molecule has 0 amide bonds. The second kappa shape index (κ2) is 7.13. The molecule has 1 aromatic rings. The molecule has 0 saturated heterocycles. The van der Waals surface area contributed by atoms with Crippen molar-refractivity contribution >= 4 is 0 Å². The molecule has 0 radical (unpaired) electrons. The molecule has 6 heteroatoms. The Kier molecular flexibility index (Phi) is 5.47. The number of alkyl halides is 3. The molecule has 0 heterocycles. The molecule has 1 aliphatic carbocycles. The fourth-order valence-electron chi connectivity index (χ4n) is 2.38. The Morgan fingerprint density at radius 2 is 2.05 bits per heavy atom. The third kappa shape index (κ3) is 5.21. The average Bonchev–Trinajstić information content (AvgIpc) is 2.42. The van der Waals surface area contributed by atoms with Crippen LogP contribution in [0.3, 0.4) is 0 Å². The number of halogens is 3. The van der Waals surface area contributed by atoms with E-state index in [-0.39, 0.29) is 13.2 Å². The van der Waals surface area contributed by atoms with Crippen molar-refractivity contribution in [2.75, 3.05) is 19.8 Å². The number of ether oxygens (including phenoxy) is 2. The average molecular weight is 304 g/mol.